The molecule has 0 atom stereocenters. The van der Waals surface area contributed by atoms with Crippen molar-refractivity contribution in [2.24, 2.45) is 0 Å². The van der Waals surface area contributed by atoms with Crippen LogP contribution in [0.3, 0.4) is 0 Å². The van der Waals surface area contributed by atoms with E-state index >= 15 is 0 Å². The van der Waals surface area contributed by atoms with E-state index in [1.54, 1.807) is 4.90 Å². The highest BCUT2D eigenvalue weighted by molar-refractivity contribution is 8.15. The fourth-order valence-corrected chi connectivity index (χ4v) is 2.92. The largest absolute Gasteiger partial charge is 0.308 e. The van der Waals surface area contributed by atoms with Gasteiger partial charge in [-0.3, -0.25) is 14.0 Å². The number of nitrogens with zero attached hydrogens (tertiary/aromatic N) is 2. The molecule has 0 saturated carbocycles. The van der Waals surface area contributed by atoms with Gasteiger partial charge in [0, 0.05) is 6.04 Å². The van der Waals surface area contributed by atoms with Crippen LogP contribution in [0.1, 0.15) is 19.4 Å². The van der Waals surface area contributed by atoms with Gasteiger partial charge in [-0.1, -0.05) is 24.8 Å². The Labute approximate surface area is 106 Å². The van der Waals surface area contributed by atoms with Gasteiger partial charge in [0.2, 0.25) is 0 Å². The van der Waals surface area contributed by atoms with Crippen LogP contribution >= 0.6 is 11.9 Å². The topological polar surface area (TPSA) is 23.6 Å². The Morgan fingerprint density at radius 3 is 2.47 bits per heavy atom. The number of carbonyl (C=O) groups is 1. The molecule has 1 fully saturated rings. The van der Waals surface area contributed by atoms with Crippen LogP contribution in [-0.2, 0) is 0 Å². The summed E-state index contributed by atoms with van der Waals surface area (Å²) in [5.74, 6) is 0.740. The summed E-state index contributed by atoms with van der Waals surface area (Å²) >= 11 is 1.20. The summed E-state index contributed by atoms with van der Waals surface area (Å²) in [6, 6.07) is 8.14. The van der Waals surface area contributed by atoms with E-state index in [2.05, 4.69) is 6.58 Å². The Kier molecular flexibility index (Phi) is 3.15. The molecule has 0 spiro atoms. The first kappa shape index (κ1) is 12.0. The lowest BCUT2D eigenvalue weighted by Crippen LogP contribution is -2.30. The molecule has 0 N–H and O–H groups in total. The summed E-state index contributed by atoms with van der Waals surface area (Å²) in [5.41, 5.74) is 2.17. The van der Waals surface area contributed by atoms with Gasteiger partial charge in [-0.25, -0.2) is 0 Å². The van der Waals surface area contributed by atoms with E-state index in [9.17, 15) is 4.79 Å². The second-order valence-electron chi connectivity index (χ2n) is 4.32. The van der Waals surface area contributed by atoms with E-state index in [0.29, 0.717) is 0 Å². The minimum atomic E-state index is 0.0354. The van der Waals surface area contributed by atoms with Crippen LogP contribution in [0.5, 0.6) is 0 Å². The average molecular weight is 248 g/mol. The highest BCUT2D eigenvalue weighted by atomic mass is 32.2. The standard InChI is InChI=1S/C13H16N2OS/c1-9(2)14-11(4)15(17-13(14)16)12-8-6-5-7-10(12)3/h5-9H,4H2,1-3H3. The van der Waals surface area contributed by atoms with Crippen molar-refractivity contribution >= 4 is 22.9 Å². The summed E-state index contributed by atoms with van der Waals surface area (Å²) < 4.78 is 1.90. The number of hydrogen-bond donors (Lipinski definition) is 0. The molecular weight excluding hydrogens is 232 g/mol. The van der Waals surface area contributed by atoms with Crippen LogP contribution in [0.2, 0.25) is 0 Å². The van der Waals surface area contributed by atoms with Gasteiger partial charge in [0.25, 0.3) is 0 Å². The normalized spacial score (nSPS) is 16.2. The first-order valence-electron chi connectivity index (χ1n) is 5.58. The molecule has 90 valence electrons. The average Bonchev–Trinajstić information content (AvgIpc) is 2.55. The third-order valence-electron chi connectivity index (χ3n) is 2.73. The zero-order valence-electron chi connectivity index (χ0n) is 10.3. The molecule has 1 aromatic rings. The SMILES string of the molecule is C=C1N(c2ccccc2C)SC(=O)N1C(C)C. The van der Waals surface area contributed by atoms with Gasteiger partial charge in [-0.2, -0.15) is 0 Å². The molecule has 1 saturated heterocycles. The fourth-order valence-electron chi connectivity index (χ4n) is 1.87. The predicted octanol–water partition coefficient (Wildman–Crippen LogP) is 3.76. The van der Waals surface area contributed by atoms with E-state index in [1.807, 2.05) is 49.3 Å². The van der Waals surface area contributed by atoms with Crippen LogP contribution in [-0.4, -0.2) is 16.2 Å². The number of aryl methyl sites for hydroxylation is 1. The highest BCUT2D eigenvalue weighted by Gasteiger charge is 2.35. The van der Waals surface area contributed by atoms with Gasteiger partial charge in [-0.15, -0.1) is 0 Å². The zero-order chi connectivity index (χ0) is 12.6. The third kappa shape index (κ3) is 2.05. The molecule has 1 aromatic carbocycles. The van der Waals surface area contributed by atoms with Crippen LogP contribution in [0, 0.1) is 6.92 Å². The number of amides is 1. The Bertz CT molecular complexity index is 470. The van der Waals surface area contributed by atoms with Gasteiger partial charge >= 0.3 is 5.24 Å². The van der Waals surface area contributed by atoms with E-state index < -0.39 is 0 Å². The molecule has 1 heterocycles. The molecule has 0 unspecified atom stereocenters. The maximum Gasteiger partial charge on any atom is 0.308 e. The Hall–Kier alpha value is -1.42. The Morgan fingerprint density at radius 1 is 1.29 bits per heavy atom. The van der Waals surface area contributed by atoms with Crippen molar-refractivity contribution in [2.75, 3.05) is 4.31 Å². The molecule has 0 radical (unpaired) electrons. The maximum atomic E-state index is 11.9. The molecule has 0 aliphatic carbocycles. The van der Waals surface area contributed by atoms with E-state index in [1.165, 1.54) is 11.9 Å². The lowest BCUT2D eigenvalue weighted by molar-refractivity contribution is 0.228. The molecule has 3 nitrogen and oxygen atoms in total. The third-order valence-corrected chi connectivity index (χ3v) is 3.67. The first-order valence-corrected chi connectivity index (χ1v) is 6.35. The maximum absolute atomic E-state index is 11.9. The Morgan fingerprint density at radius 2 is 1.94 bits per heavy atom. The molecule has 17 heavy (non-hydrogen) atoms. The number of benzene rings is 1. The summed E-state index contributed by atoms with van der Waals surface area (Å²) in [5, 5.41) is 0.0354. The summed E-state index contributed by atoms with van der Waals surface area (Å²) in [6.07, 6.45) is 0. The number of para-hydroxylation sites is 1. The molecule has 0 aromatic heterocycles. The van der Waals surface area contributed by atoms with Crippen molar-refractivity contribution in [3.63, 3.8) is 0 Å². The van der Waals surface area contributed by atoms with Gasteiger partial charge < -0.3 is 0 Å². The molecule has 1 aliphatic rings. The van der Waals surface area contributed by atoms with E-state index in [0.717, 1.165) is 17.1 Å². The zero-order valence-corrected chi connectivity index (χ0v) is 11.1. The molecule has 2 rings (SSSR count). The van der Waals surface area contributed by atoms with Gasteiger partial charge in [0.15, 0.2) is 0 Å². The van der Waals surface area contributed by atoms with Crippen molar-refractivity contribution in [1.82, 2.24) is 4.90 Å². The van der Waals surface area contributed by atoms with Crippen molar-refractivity contribution in [2.45, 2.75) is 26.8 Å². The minimum Gasteiger partial charge on any atom is -0.285 e. The smallest absolute Gasteiger partial charge is 0.285 e. The predicted molar refractivity (Wildman–Crippen MR) is 72.8 cm³/mol. The van der Waals surface area contributed by atoms with Crippen LogP contribution in [0.15, 0.2) is 36.7 Å². The molecular formula is C13H16N2OS. The monoisotopic (exact) mass is 248 g/mol. The summed E-state index contributed by atoms with van der Waals surface area (Å²) in [4.78, 5) is 13.6. The summed E-state index contributed by atoms with van der Waals surface area (Å²) in [7, 11) is 0. The van der Waals surface area contributed by atoms with E-state index in [4.69, 9.17) is 0 Å². The molecule has 1 amide bonds. The van der Waals surface area contributed by atoms with Crippen molar-refractivity contribution in [3.8, 4) is 0 Å². The van der Waals surface area contributed by atoms with Crippen LogP contribution in [0.4, 0.5) is 10.5 Å². The van der Waals surface area contributed by atoms with Crippen molar-refractivity contribution < 1.29 is 4.79 Å². The van der Waals surface area contributed by atoms with Crippen molar-refractivity contribution in [3.05, 3.63) is 42.2 Å². The minimum absolute atomic E-state index is 0.0354. The second-order valence-corrected chi connectivity index (χ2v) is 5.22. The quantitative estimate of drug-likeness (QED) is 0.744. The van der Waals surface area contributed by atoms with Gasteiger partial charge in [0.05, 0.1) is 17.6 Å². The highest BCUT2D eigenvalue weighted by Crippen LogP contribution is 2.39. The lowest BCUT2D eigenvalue weighted by Gasteiger charge is -2.24. The molecule has 0 bridgehead atoms. The second kappa shape index (κ2) is 4.45. The lowest BCUT2D eigenvalue weighted by atomic mass is 10.2. The number of anilines is 1. The van der Waals surface area contributed by atoms with Crippen LogP contribution < -0.4 is 4.31 Å². The number of carbonyl (C=O) groups excluding carboxylic acids is 1. The number of rotatable bonds is 2. The Balaban J connectivity index is 2.35. The molecule has 4 heteroatoms. The van der Waals surface area contributed by atoms with Gasteiger partial charge in [0.1, 0.15) is 5.82 Å². The van der Waals surface area contributed by atoms with E-state index in [-0.39, 0.29) is 11.3 Å². The molecule has 1 aliphatic heterocycles. The summed E-state index contributed by atoms with van der Waals surface area (Å²) in [6.45, 7) is 10.0. The first-order chi connectivity index (χ1) is 8.02. The number of hydrogen-bond acceptors (Lipinski definition) is 3. The fraction of sp³-hybridized carbons (Fsp3) is 0.308. The van der Waals surface area contributed by atoms with Crippen LogP contribution in [0.25, 0.3) is 0 Å². The van der Waals surface area contributed by atoms with Crippen molar-refractivity contribution in [1.29, 1.82) is 0 Å². The van der Waals surface area contributed by atoms with Gasteiger partial charge in [-0.05, 0) is 32.4 Å².